The van der Waals surface area contributed by atoms with Gasteiger partial charge in [0.1, 0.15) is 0 Å². The molecule has 0 aliphatic carbocycles. The summed E-state index contributed by atoms with van der Waals surface area (Å²) in [5.41, 5.74) is -0.641. The molecule has 2 aromatic heterocycles. The Morgan fingerprint density at radius 1 is 1.23 bits per heavy atom. The van der Waals surface area contributed by atoms with Crippen molar-refractivity contribution < 1.29 is 13.2 Å². The van der Waals surface area contributed by atoms with Crippen LogP contribution >= 0.6 is 22.7 Å². The summed E-state index contributed by atoms with van der Waals surface area (Å²) in [4.78, 5) is 17.2. The van der Waals surface area contributed by atoms with Crippen LogP contribution in [0.25, 0.3) is 0 Å². The molecular formula is C18H24N2O3S3. The number of carbonyl (C=O) groups excluding carboxylic acids is 1. The molecule has 1 aliphatic rings. The van der Waals surface area contributed by atoms with E-state index in [1.807, 2.05) is 24.4 Å². The van der Waals surface area contributed by atoms with Gasteiger partial charge in [-0.05, 0) is 42.7 Å². The van der Waals surface area contributed by atoms with Crippen LogP contribution in [0.15, 0.2) is 35.0 Å². The summed E-state index contributed by atoms with van der Waals surface area (Å²) in [5.74, 6) is 0.0831. The Morgan fingerprint density at radius 3 is 2.50 bits per heavy atom. The summed E-state index contributed by atoms with van der Waals surface area (Å²) in [6, 6.07) is 8.24. The van der Waals surface area contributed by atoms with Crippen LogP contribution in [0.1, 0.15) is 23.1 Å². The summed E-state index contributed by atoms with van der Waals surface area (Å²) >= 11 is 3.41. The van der Waals surface area contributed by atoms with E-state index in [0.717, 1.165) is 19.5 Å². The lowest BCUT2D eigenvalue weighted by Gasteiger charge is -2.27. The molecule has 0 unspecified atom stereocenters. The fourth-order valence-electron chi connectivity index (χ4n) is 3.25. The van der Waals surface area contributed by atoms with Crippen molar-refractivity contribution in [3.8, 4) is 0 Å². The summed E-state index contributed by atoms with van der Waals surface area (Å²) in [5, 5.41) is 7.06. The number of amides is 1. The average Bonchev–Trinajstić information content (AvgIpc) is 3.27. The maximum Gasteiger partial charge on any atom is 0.234 e. The fourth-order valence-corrected chi connectivity index (χ4v) is 6.79. The van der Waals surface area contributed by atoms with Crippen molar-refractivity contribution in [1.82, 2.24) is 10.2 Å². The highest BCUT2D eigenvalue weighted by atomic mass is 32.2. The Hall–Kier alpha value is -1.22. The topological polar surface area (TPSA) is 66.5 Å². The Kier molecular flexibility index (Phi) is 6.17. The number of nitrogens with one attached hydrogen (secondary N) is 1. The summed E-state index contributed by atoms with van der Waals surface area (Å²) in [6.07, 6.45) is 1.39. The van der Waals surface area contributed by atoms with Crippen molar-refractivity contribution >= 4 is 38.4 Å². The maximum atomic E-state index is 12.6. The van der Waals surface area contributed by atoms with Crippen LogP contribution < -0.4 is 5.32 Å². The van der Waals surface area contributed by atoms with Gasteiger partial charge in [0.2, 0.25) is 5.91 Å². The van der Waals surface area contributed by atoms with Crippen molar-refractivity contribution in [2.45, 2.75) is 31.8 Å². The predicted molar refractivity (Wildman–Crippen MR) is 107 cm³/mol. The van der Waals surface area contributed by atoms with Gasteiger partial charge in [-0.3, -0.25) is 9.69 Å². The lowest BCUT2D eigenvalue weighted by Crippen LogP contribution is -2.50. The molecule has 142 valence electrons. The van der Waals surface area contributed by atoms with E-state index in [1.54, 1.807) is 22.7 Å². The molecule has 1 aliphatic heterocycles. The largest absolute Gasteiger partial charge is 0.349 e. The van der Waals surface area contributed by atoms with Gasteiger partial charge < -0.3 is 5.32 Å². The van der Waals surface area contributed by atoms with E-state index in [-0.39, 0.29) is 24.0 Å². The van der Waals surface area contributed by atoms with Crippen LogP contribution in [0, 0.1) is 0 Å². The first-order chi connectivity index (χ1) is 12.3. The highest BCUT2D eigenvalue weighted by Crippen LogP contribution is 2.23. The molecule has 3 rings (SSSR count). The molecule has 0 bridgehead atoms. The molecule has 5 nitrogen and oxygen atoms in total. The van der Waals surface area contributed by atoms with Crippen LogP contribution in [0.3, 0.4) is 0 Å². The molecule has 0 saturated carbocycles. The van der Waals surface area contributed by atoms with Gasteiger partial charge in [-0.25, -0.2) is 8.42 Å². The number of nitrogens with zero attached hydrogens (tertiary/aromatic N) is 1. The van der Waals surface area contributed by atoms with E-state index in [0.29, 0.717) is 6.42 Å². The van der Waals surface area contributed by atoms with Gasteiger partial charge >= 0.3 is 0 Å². The number of carbonyl (C=O) groups is 1. The molecule has 26 heavy (non-hydrogen) atoms. The zero-order valence-electron chi connectivity index (χ0n) is 14.8. The van der Waals surface area contributed by atoms with Gasteiger partial charge in [-0.1, -0.05) is 12.1 Å². The highest BCUT2D eigenvalue weighted by Gasteiger charge is 2.39. The molecule has 0 spiro atoms. The minimum atomic E-state index is -3.03. The standard InChI is InChI=1S/C18H24N2O3S3/c1-18(7-11-26(22,23)14-18)19-17(21)13-20(12-16-5-3-10-25-16)8-6-15-4-2-9-24-15/h2-5,9-10H,6-8,11-14H2,1H3,(H,19,21)/t18-/m0/s1. The van der Waals surface area contributed by atoms with E-state index in [4.69, 9.17) is 0 Å². The zero-order chi connectivity index (χ0) is 18.6. The minimum Gasteiger partial charge on any atom is -0.349 e. The fraction of sp³-hybridized carbons (Fsp3) is 0.500. The van der Waals surface area contributed by atoms with Gasteiger partial charge in [-0.15, -0.1) is 22.7 Å². The first kappa shape index (κ1) is 19.5. The second-order valence-electron chi connectivity index (χ2n) is 7.07. The van der Waals surface area contributed by atoms with E-state index >= 15 is 0 Å². The Bertz CT molecular complexity index is 816. The third-order valence-electron chi connectivity index (χ3n) is 4.53. The van der Waals surface area contributed by atoms with E-state index in [2.05, 4.69) is 27.7 Å². The Morgan fingerprint density at radius 2 is 1.92 bits per heavy atom. The minimum absolute atomic E-state index is 0.0336. The molecule has 0 aromatic carbocycles. The van der Waals surface area contributed by atoms with Gasteiger partial charge in [0.05, 0.1) is 23.6 Å². The molecule has 3 heterocycles. The highest BCUT2D eigenvalue weighted by molar-refractivity contribution is 7.91. The van der Waals surface area contributed by atoms with Gasteiger partial charge in [-0.2, -0.15) is 0 Å². The van der Waals surface area contributed by atoms with Crippen LogP contribution in [0.4, 0.5) is 0 Å². The molecule has 1 saturated heterocycles. The SMILES string of the molecule is C[C@]1(NC(=O)CN(CCc2cccs2)Cc2cccs2)CCS(=O)(=O)C1. The number of rotatable bonds is 8. The third kappa shape index (κ3) is 5.64. The number of thiophene rings is 2. The zero-order valence-corrected chi connectivity index (χ0v) is 17.3. The van der Waals surface area contributed by atoms with Gasteiger partial charge in [0, 0.05) is 22.8 Å². The first-order valence-electron chi connectivity index (χ1n) is 8.62. The molecule has 8 heteroatoms. The van der Waals surface area contributed by atoms with Crippen LogP contribution in [-0.4, -0.2) is 49.4 Å². The molecular weight excluding hydrogens is 388 g/mol. The summed E-state index contributed by atoms with van der Waals surface area (Å²) in [6.45, 7) is 3.62. The smallest absolute Gasteiger partial charge is 0.234 e. The number of hydrogen-bond acceptors (Lipinski definition) is 6. The second kappa shape index (κ2) is 8.21. The second-order valence-corrected chi connectivity index (χ2v) is 11.3. The average molecular weight is 413 g/mol. The monoisotopic (exact) mass is 412 g/mol. The van der Waals surface area contributed by atoms with Crippen molar-refractivity contribution in [3.05, 3.63) is 44.8 Å². The molecule has 1 fully saturated rings. The van der Waals surface area contributed by atoms with Crippen LogP contribution in [0.5, 0.6) is 0 Å². The van der Waals surface area contributed by atoms with Gasteiger partial charge in [0.25, 0.3) is 0 Å². The first-order valence-corrected chi connectivity index (χ1v) is 12.2. The van der Waals surface area contributed by atoms with Crippen molar-refractivity contribution in [3.63, 3.8) is 0 Å². The lowest BCUT2D eigenvalue weighted by molar-refractivity contribution is -0.123. The Balaban J connectivity index is 1.59. The third-order valence-corrected chi connectivity index (χ3v) is 8.23. The lowest BCUT2D eigenvalue weighted by atomic mass is 10.0. The molecule has 0 radical (unpaired) electrons. The normalized spacial score (nSPS) is 21.9. The Labute approximate surface area is 163 Å². The molecule has 1 atom stereocenters. The van der Waals surface area contributed by atoms with Gasteiger partial charge in [0.15, 0.2) is 9.84 Å². The number of sulfone groups is 1. The van der Waals surface area contributed by atoms with E-state index in [9.17, 15) is 13.2 Å². The van der Waals surface area contributed by atoms with Crippen molar-refractivity contribution in [2.24, 2.45) is 0 Å². The molecule has 1 amide bonds. The van der Waals surface area contributed by atoms with Crippen molar-refractivity contribution in [1.29, 1.82) is 0 Å². The number of hydrogen-bond donors (Lipinski definition) is 1. The maximum absolute atomic E-state index is 12.6. The van der Waals surface area contributed by atoms with Crippen LogP contribution in [0.2, 0.25) is 0 Å². The molecule has 2 aromatic rings. The van der Waals surface area contributed by atoms with Crippen molar-refractivity contribution in [2.75, 3.05) is 24.6 Å². The van der Waals surface area contributed by atoms with E-state index in [1.165, 1.54) is 9.75 Å². The summed E-state index contributed by atoms with van der Waals surface area (Å²) in [7, 11) is -3.03. The quantitative estimate of drug-likeness (QED) is 0.724. The predicted octanol–water partition coefficient (Wildman–Crippen LogP) is 2.55. The summed E-state index contributed by atoms with van der Waals surface area (Å²) < 4.78 is 23.5. The molecule has 1 N–H and O–H groups in total. The van der Waals surface area contributed by atoms with E-state index < -0.39 is 15.4 Å². The van der Waals surface area contributed by atoms with Crippen LogP contribution in [-0.2, 0) is 27.6 Å².